The highest BCUT2D eigenvalue weighted by molar-refractivity contribution is 5.26. The lowest BCUT2D eigenvalue weighted by molar-refractivity contribution is -0.137. The Morgan fingerprint density at radius 3 is 2.56 bits per heavy atom. The highest BCUT2D eigenvalue weighted by Crippen LogP contribution is 2.29. The molecule has 0 bridgehead atoms. The van der Waals surface area contributed by atoms with Gasteiger partial charge in [0.2, 0.25) is 0 Å². The zero-order valence-electron chi connectivity index (χ0n) is 9.61. The standard InChI is InChI=1S/C13H13F3N2/c14-13(15,16)11-4-1-3-10(7-11)9-18-6-2-5-12(18)8-17/h1-7H,8-9,17H2. The summed E-state index contributed by atoms with van der Waals surface area (Å²) in [6.07, 6.45) is -2.49. The molecule has 0 aliphatic carbocycles. The number of benzene rings is 1. The zero-order chi connectivity index (χ0) is 13.2. The Bertz CT molecular complexity index is 529. The number of halogens is 3. The Morgan fingerprint density at radius 2 is 1.89 bits per heavy atom. The predicted octanol–water partition coefficient (Wildman–Crippen LogP) is 3.01. The van der Waals surface area contributed by atoms with E-state index >= 15 is 0 Å². The molecule has 0 unspecified atom stereocenters. The second kappa shape index (κ2) is 4.86. The molecule has 0 aliphatic heterocycles. The van der Waals surface area contributed by atoms with Crippen LogP contribution in [0.3, 0.4) is 0 Å². The summed E-state index contributed by atoms with van der Waals surface area (Å²) in [7, 11) is 0. The highest BCUT2D eigenvalue weighted by Gasteiger charge is 2.30. The van der Waals surface area contributed by atoms with E-state index < -0.39 is 11.7 Å². The lowest BCUT2D eigenvalue weighted by atomic mass is 10.1. The molecule has 2 aromatic rings. The van der Waals surface area contributed by atoms with Gasteiger partial charge in [0.05, 0.1) is 5.56 Å². The van der Waals surface area contributed by atoms with E-state index in [1.807, 2.05) is 22.9 Å². The minimum absolute atomic E-state index is 0.367. The third-order valence-electron chi connectivity index (χ3n) is 2.74. The van der Waals surface area contributed by atoms with Gasteiger partial charge in [0.15, 0.2) is 0 Å². The predicted molar refractivity (Wildman–Crippen MR) is 62.9 cm³/mol. The first kappa shape index (κ1) is 12.7. The van der Waals surface area contributed by atoms with Gasteiger partial charge in [-0.3, -0.25) is 0 Å². The van der Waals surface area contributed by atoms with Crippen molar-refractivity contribution in [3.8, 4) is 0 Å². The molecule has 1 aromatic carbocycles. The Kier molecular flexibility index (Phi) is 3.43. The van der Waals surface area contributed by atoms with Crippen LogP contribution in [-0.4, -0.2) is 4.57 Å². The largest absolute Gasteiger partial charge is 0.416 e. The number of hydrogen-bond donors (Lipinski definition) is 1. The molecule has 0 saturated heterocycles. The second-order valence-electron chi connectivity index (χ2n) is 4.03. The monoisotopic (exact) mass is 254 g/mol. The summed E-state index contributed by atoms with van der Waals surface area (Å²) in [5, 5.41) is 0. The van der Waals surface area contributed by atoms with Crippen molar-refractivity contribution in [2.24, 2.45) is 5.73 Å². The Morgan fingerprint density at radius 1 is 1.11 bits per heavy atom. The van der Waals surface area contributed by atoms with E-state index in [2.05, 4.69) is 0 Å². The molecule has 18 heavy (non-hydrogen) atoms. The third-order valence-corrected chi connectivity index (χ3v) is 2.74. The molecule has 2 nitrogen and oxygen atoms in total. The highest BCUT2D eigenvalue weighted by atomic mass is 19.4. The molecule has 1 aromatic heterocycles. The van der Waals surface area contributed by atoms with Gasteiger partial charge in [0, 0.05) is 25.0 Å². The van der Waals surface area contributed by atoms with Crippen molar-refractivity contribution in [1.82, 2.24) is 4.57 Å². The Labute approximate surface area is 103 Å². The summed E-state index contributed by atoms with van der Waals surface area (Å²) in [6.45, 7) is 0.759. The first-order valence-electron chi connectivity index (χ1n) is 5.51. The first-order chi connectivity index (χ1) is 8.50. The van der Waals surface area contributed by atoms with E-state index in [4.69, 9.17) is 5.73 Å². The van der Waals surface area contributed by atoms with Crippen molar-refractivity contribution in [3.63, 3.8) is 0 Å². The van der Waals surface area contributed by atoms with Crippen molar-refractivity contribution < 1.29 is 13.2 Å². The molecule has 0 amide bonds. The van der Waals surface area contributed by atoms with Crippen LogP contribution in [0.15, 0.2) is 42.6 Å². The van der Waals surface area contributed by atoms with Crippen molar-refractivity contribution in [2.45, 2.75) is 19.3 Å². The van der Waals surface area contributed by atoms with Crippen molar-refractivity contribution in [1.29, 1.82) is 0 Å². The van der Waals surface area contributed by atoms with Crippen LogP contribution >= 0.6 is 0 Å². The third kappa shape index (κ3) is 2.73. The van der Waals surface area contributed by atoms with Crippen LogP contribution in [0.1, 0.15) is 16.8 Å². The second-order valence-corrected chi connectivity index (χ2v) is 4.03. The van der Waals surface area contributed by atoms with Gasteiger partial charge in [-0.1, -0.05) is 12.1 Å². The van der Waals surface area contributed by atoms with E-state index in [1.165, 1.54) is 12.1 Å². The van der Waals surface area contributed by atoms with E-state index in [-0.39, 0.29) is 0 Å². The minimum atomic E-state index is -4.30. The van der Waals surface area contributed by atoms with Crippen molar-refractivity contribution in [2.75, 3.05) is 0 Å². The number of alkyl halides is 3. The van der Waals surface area contributed by atoms with Crippen LogP contribution in [0.25, 0.3) is 0 Å². The maximum absolute atomic E-state index is 12.6. The maximum Gasteiger partial charge on any atom is 0.416 e. The first-order valence-corrected chi connectivity index (χ1v) is 5.51. The summed E-state index contributed by atoms with van der Waals surface area (Å²) >= 11 is 0. The van der Waals surface area contributed by atoms with Crippen molar-refractivity contribution >= 4 is 0 Å². The molecule has 2 N–H and O–H groups in total. The minimum Gasteiger partial charge on any atom is -0.346 e. The normalized spacial score (nSPS) is 11.8. The molecule has 1 heterocycles. The fourth-order valence-electron chi connectivity index (χ4n) is 1.83. The fourth-order valence-corrected chi connectivity index (χ4v) is 1.83. The Balaban J connectivity index is 2.25. The van der Waals surface area contributed by atoms with E-state index in [1.54, 1.807) is 6.07 Å². The lowest BCUT2D eigenvalue weighted by Crippen LogP contribution is -2.09. The van der Waals surface area contributed by atoms with E-state index in [0.717, 1.165) is 11.8 Å². The fraction of sp³-hybridized carbons (Fsp3) is 0.231. The number of rotatable bonds is 3. The number of hydrogen-bond acceptors (Lipinski definition) is 1. The van der Waals surface area contributed by atoms with E-state index in [9.17, 15) is 13.2 Å². The average Bonchev–Trinajstić information content (AvgIpc) is 2.75. The Hall–Kier alpha value is -1.75. The quantitative estimate of drug-likeness (QED) is 0.896. The van der Waals surface area contributed by atoms with Crippen LogP contribution in [-0.2, 0) is 19.3 Å². The van der Waals surface area contributed by atoms with Crippen LogP contribution in [0.5, 0.6) is 0 Å². The van der Waals surface area contributed by atoms with Crippen LogP contribution in [0.4, 0.5) is 13.2 Å². The van der Waals surface area contributed by atoms with E-state index in [0.29, 0.717) is 18.7 Å². The van der Waals surface area contributed by atoms with Gasteiger partial charge >= 0.3 is 6.18 Å². The van der Waals surface area contributed by atoms with Gasteiger partial charge in [-0.05, 0) is 29.8 Å². The number of nitrogens with zero attached hydrogens (tertiary/aromatic N) is 1. The summed E-state index contributed by atoms with van der Waals surface area (Å²) in [5.74, 6) is 0. The number of aromatic nitrogens is 1. The molecule has 0 radical (unpaired) electrons. The molecule has 0 saturated carbocycles. The molecule has 2 rings (SSSR count). The van der Waals surface area contributed by atoms with Gasteiger partial charge in [-0.2, -0.15) is 13.2 Å². The molecular formula is C13H13F3N2. The van der Waals surface area contributed by atoms with Gasteiger partial charge in [0.25, 0.3) is 0 Å². The topological polar surface area (TPSA) is 30.9 Å². The van der Waals surface area contributed by atoms with Crippen LogP contribution in [0.2, 0.25) is 0 Å². The van der Waals surface area contributed by atoms with Crippen LogP contribution < -0.4 is 5.73 Å². The van der Waals surface area contributed by atoms with Crippen LogP contribution in [0, 0.1) is 0 Å². The summed E-state index contributed by atoms with van der Waals surface area (Å²) in [4.78, 5) is 0. The summed E-state index contributed by atoms with van der Waals surface area (Å²) < 4.78 is 39.5. The maximum atomic E-state index is 12.6. The number of nitrogens with two attached hydrogens (primary N) is 1. The lowest BCUT2D eigenvalue weighted by Gasteiger charge is -2.11. The van der Waals surface area contributed by atoms with Gasteiger partial charge in [0.1, 0.15) is 0 Å². The molecule has 5 heteroatoms. The smallest absolute Gasteiger partial charge is 0.346 e. The molecule has 96 valence electrons. The van der Waals surface area contributed by atoms with Gasteiger partial charge in [-0.25, -0.2) is 0 Å². The zero-order valence-corrected chi connectivity index (χ0v) is 9.61. The van der Waals surface area contributed by atoms with Crippen molar-refractivity contribution in [3.05, 3.63) is 59.4 Å². The SMILES string of the molecule is NCc1cccn1Cc1cccc(C(F)(F)F)c1. The molecule has 0 atom stereocenters. The summed E-state index contributed by atoms with van der Waals surface area (Å²) in [6, 6.07) is 9.02. The summed E-state index contributed by atoms with van der Waals surface area (Å²) in [5.41, 5.74) is 6.43. The molecule has 0 aliphatic rings. The molecule has 0 spiro atoms. The molecular weight excluding hydrogens is 241 g/mol. The van der Waals surface area contributed by atoms with Gasteiger partial charge < -0.3 is 10.3 Å². The molecule has 0 fully saturated rings. The van der Waals surface area contributed by atoms with Gasteiger partial charge in [-0.15, -0.1) is 0 Å². The average molecular weight is 254 g/mol.